The lowest BCUT2D eigenvalue weighted by Crippen LogP contribution is -2.48. The van der Waals surface area contributed by atoms with Crippen LogP contribution in [0.1, 0.15) is 72.3 Å². The molecule has 4 aliphatic rings. The summed E-state index contributed by atoms with van der Waals surface area (Å²) in [7, 11) is 0. The summed E-state index contributed by atoms with van der Waals surface area (Å²) < 4.78 is 11.2. The third kappa shape index (κ3) is 4.71. The van der Waals surface area contributed by atoms with Gasteiger partial charge in [0.2, 0.25) is 6.79 Å². The zero-order chi connectivity index (χ0) is 26.2. The molecule has 5 heteroatoms. The molecule has 0 spiro atoms. The predicted molar refractivity (Wildman–Crippen MR) is 152 cm³/mol. The van der Waals surface area contributed by atoms with Crippen LogP contribution in [-0.2, 0) is 5.41 Å². The molecule has 2 bridgehead atoms. The van der Waals surface area contributed by atoms with Crippen molar-refractivity contribution < 1.29 is 14.3 Å². The maximum Gasteiger partial charge on any atom is 0.253 e. The number of fused-ring (bicyclic) bond motifs is 3. The number of nitrogens with zero attached hydrogens (tertiary/aromatic N) is 2. The second-order valence-corrected chi connectivity index (χ2v) is 12.0. The van der Waals surface area contributed by atoms with E-state index in [0.29, 0.717) is 24.8 Å². The van der Waals surface area contributed by atoms with Crippen molar-refractivity contribution in [3.8, 4) is 11.5 Å². The summed E-state index contributed by atoms with van der Waals surface area (Å²) in [4.78, 5) is 18.1. The van der Waals surface area contributed by atoms with Gasteiger partial charge in [-0.1, -0.05) is 54.6 Å². The molecule has 4 aliphatic heterocycles. The number of hydrogen-bond acceptors (Lipinski definition) is 4. The molecule has 3 aromatic rings. The largest absolute Gasteiger partial charge is 0.454 e. The topological polar surface area (TPSA) is 42.0 Å². The van der Waals surface area contributed by atoms with E-state index in [1.165, 1.54) is 36.8 Å². The van der Waals surface area contributed by atoms with Crippen LogP contribution in [0.25, 0.3) is 0 Å². The normalized spacial score (nSPS) is 25.5. The molecule has 7 rings (SSSR count). The summed E-state index contributed by atoms with van der Waals surface area (Å²) >= 11 is 0. The van der Waals surface area contributed by atoms with Crippen molar-refractivity contribution in [2.24, 2.45) is 0 Å². The zero-order valence-electron chi connectivity index (χ0n) is 22.6. The number of hydrogen-bond donors (Lipinski definition) is 0. The maximum atomic E-state index is 13.2. The van der Waals surface area contributed by atoms with E-state index in [1.807, 2.05) is 30.3 Å². The molecule has 0 radical (unpaired) electrons. The van der Waals surface area contributed by atoms with Gasteiger partial charge in [0.15, 0.2) is 11.5 Å². The summed E-state index contributed by atoms with van der Waals surface area (Å²) in [6.07, 6.45) is 8.29. The second-order valence-electron chi connectivity index (χ2n) is 12.0. The number of carbonyl (C=O) groups excluding carboxylic acids is 1. The quantitative estimate of drug-likeness (QED) is 0.376. The lowest BCUT2D eigenvalue weighted by molar-refractivity contribution is 0.0620. The minimum Gasteiger partial charge on any atom is -0.454 e. The summed E-state index contributed by atoms with van der Waals surface area (Å²) in [5, 5.41) is 0. The van der Waals surface area contributed by atoms with Crippen molar-refractivity contribution in [3.05, 3.63) is 95.6 Å². The van der Waals surface area contributed by atoms with Gasteiger partial charge in [-0.05, 0) is 98.2 Å². The van der Waals surface area contributed by atoms with Crippen LogP contribution in [0, 0.1) is 0 Å². The number of ether oxygens (including phenoxy) is 2. The molecule has 3 atom stereocenters. The Kier molecular flexibility index (Phi) is 6.56. The molecule has 39 heavy (non-hydrogen) atoms. The standard InChI is InChI=1S/C34H38N2O3/c37-33(25-7-3-1-4-8-25)35-18-15-34(16-19-35,28-9-5-2-6-10-28)17-20-36-29-12-13-30(36)22-27(21-29)26-11-14-31-32(23-26)39-24-38-31/h1-11,14,23,27,29-30H,12-13,15-22,24H2/t27?,29-,30+. The van der Waals surface area contributed by atoms with E-state index in [9.17, 15) is 4.79 Å². The van der Waals surface area contributed by atoms with Crippen LogP contribution in [-0.4, -0.2) is 54.2 Å². The maximum absolute atomic E-state index is 13.2. The second kappa shape index (κ2) is 10.3. The molecular formula is C34H38N2O3. The molecule has 202 valence electrons. The predicted octanol–water partition coefficient (Wildman–Crippen LogP) is 6.39. The molecule has 0 aliphatic carbocycles. The Balaban J connectivity index is 1.04. The zero-order valence-corrected chi connectivity index (χ0v) is 22.6. The van der Waals surface area contributed by atoms with Crippen LogP contribution in [0.3, 0.4) is 0 Å². The van der Waals surface area contributed by atoms with Gasteiger partial charge in [-0.3, -0.25) is 9.69 Å². The molecule has 5 nitrogen and oxygen atoms in total. The molecule has 3 saturated heterocycles. The van der Waals surface area contributed by atoms with Gasteiger partial charge in [0.25, 0.3) is 5.91 Å². The Hall–Kier alpha value is -3.31. The van der Waals surface area contributed by atoms with Crippen LogP contribution < -0.4 is 9.47 Å². The minimum atomic E-state index is 0.127. The Morgan fingerprint density at radius 3 is 2.21 bits per heavy atom. The molecule has 1 amide bonds. The number of rotatable bonds is 6. The van der Waals surface area contributed by atoms with Crippen LogP contribution in [0.5, 0.6) is 11.5 Å². The van der Waals surface area contributed by atoms with Crippen molar-refractivity contribution in [3.63, 3.8) is 0 Å². The van der Waals surface area contributed by atoms with Crippen molar-refractivity contribution in [1.82, 2.24) is 9.80 Å². The van der Waals surface area contributed by atoms with Gasteiger partial charge in [-0.25, -0.2) is 0 Å². The molecule has 4 heterocycles. The fourth-order valence-corrected chi connectivity index (χ4v) is 7.80. The molecular weight excluding hydrogens is 484 g/mol. The lowest BCUT2D eigenvalue weighted by Gasteiger charge is -2.45. The highest BCUT2D eigenvalue weighted by molar-refractivity contribution is 5.94. The Labute approximate surface area is 231 Å². The lowest BCUT2D eigenvalue weighted by atomic mass is 9.70. The summed E-state index contributed by atoms with van der Waals surface area (Å²) in [6, 6.07) is 28.7. The third-order valence-corrected chi connectivity index (χ3v) is 10.0. The fourth-order valence-electron chi connectivity index (χ4n) is 7.80. The highest BCUT2D eigenvalue weighted by Gasteiger charge is 2.43. The third-order valence-electron chi connectivity index (χ3n) is 10.0. The monoisotopic (exact) mass is 522 g/mol. The fraction of sp³-hybridized carbons (Fsp3) is 0.441. The molecule has 1 unspecified atom stereocenters. The van der Waals surface area contributed by atoms with Crippen molar-refractivity contribution in [1.29, 1.82) is 0 Å². The highest BCUT2D eigenvalue weighted by atomic mass is 16.7. The van der Waals surface area contributed by atoms with Gasteiger partial charge in [0.05, 0.1) is 0 Å². The van der Waals surface area contributed by atoms with Gasteiger partial charge < -0.3 is 14.4 Å². The van der Waals surface area contributed by atoms with Gasteiger partial charge in [0.1, 0.15) is 0 Å². The molecule has 0 aromatic heterocycles. The van der Waals surface area contributed by atoms with E-state index in [2.05, 4.69) is 58.3 Å². The van der Waals surface area contributed by atoms with E-state index in [1.54, 1.807) is 0 Å². The number of carbonyl (C=O) groups is 1. The number of piperidine rings is 2. The summed E-state index contributed by atoms with van der Waals surface area (Å²) in [5.41, 5.74) is 3.78. The number of benzene rings is 3. The first-order chi connectivity index (χ1) is 19.2. The Morgan fingerprint density at radius 1 is 0.821 bits per heavy atom. The van der Waals surface area contributed by atoms with Crippen molar-refractivity contribution >= 4 is 5.91 Å². The Morgan fingerprint density at radius 2 is 1.49 bits per heavy atom. The first-order valence-electron chi connectivity index (χ1n) is 14.7. The van der Waals surface area contributed by atoms with Crippen LogP contribution in [0.4, 0.5) is 0 Å². The number of amides is 1. The van der Waals surface area contributed by atoms with Gasteiger partial charge in [-0.15, -0.1) is 0 Å². The van der Waals surface area contributed by atoms with Crippen LogP contribution >= 0.6 is 0 Å². The first kappa shape index (κ1) is 24.7. The van der Waals surface area contributed by atoms with Crippen LogP contribution in [0.15, 0.2) is 78.9 Å². The van der Waals surface area contributed by atoms with Crippen LogP contribution in [0.2, 0.25) is 0 Å². The number of likely N-dealkylation sites (tertiary alicyclic amines) is 1. The van der Waals surface area contributed by atoms with E-state index < -0.39 is 0 Å². The summed E-state index contributed by atoms with van der Waals surface area (Å²) in [5.74, 6) is 2.55. The van der Waals surface area contributed by atoms with Gasteiger partial charge in [0, 0.05) is 30.7 Å². The molecule has 0 saturated carbocycles. The van der Waals surface area contributed by atoms with Gasteiger partial charge in [-0.2, -0.15) is 0 Å². The van der Waals surface area contributed by atoms with E-state index in [0.717, 1.165) is 56.0 Å². The molecule has 0 N–H and O–H groups in total. The van der Waals surface area contributed by atoms with Gasteiger partial charge >= 0.3 is 0 Å². The summed E-state index contributed by atoms with van der Waals surface area (Å²) in [6.45, 7) is 3.12. The molecule has 3 fully saturated rings. The Bertz CT molecular complexity index is 1290. The van der Waals surface area contributed by atoms with Crippen molar-refractivity contribution in [2.75, 3.05) is 26.4 Å². The minimum absolute atomic E-state index is 0.127. The first-order valence-corrected chi connectivity index (χ1v) is 14.7. The highest BCUT2D eigenvalue weighted by Crippen LogP contribution is 2.47. The van der Waals surface area contributed by atoms with E-state index in [4.69, 9.17) is 9.47 Å². The smallest absolute Gasteiger partial charge is 0.253 e. The van der Waals surface area contributed by atoms with Crippen molar-refractivity contribution in [2.45, 2.75) is 68.4 Å². The average Bonchev–Trinajstić information content (AvgIpc) is 3.56. The SMILES string of the molecule is O=C(c1ccccc1)N1CCC(CCN2[C@@H]3CC[C@H]2CC(c2ccc4c(c2)OCO4)C3)(c2ccccc2)CC1. The van der Waals surface area contributed by atoms with E-state index >= 15 is 0 Å². The average molecular weight is 523 g/mol. The molecule has 3 aromatic carbocycles. The van der Waals surface area contributed by atoms with E-state index in [-0.39, 0.29) is 11.3 Å².